The Morgan fingerprint density at radius 2 is 1.38 bits per heavy atom. The minimum Gasteiger partial charge on any atom is -0.300 e. The van der Waals surface area contributed by atoms with Gasteiger partial charge in [-0.3, -0.25) is 9.69 Å². The van der Waals surface area contributed by atoms with E-state index in [1.165, 1.54) is 50.5 Å². The summed E-state index contributed by atoms with van der Waals surface area (Å²) in [6.07, 6.45) is 10.8. The van der Waals surface area contributed by atoms with Crippen molar-refractivity contribution in [3.8, 4) is 0 Å². The minimum atomic E-state index is 0.183. The number of likely N-dealkylation sites (tertiary alicyclic amines) is 1. The van der Waals surface area contributed by atoms with Gasteiger partial charge >= 0.3 is 0 Å². The second-order valence-corrected chi connectivity index (χ2v) is 6.69. The van der Waals surface area contributed by atoms with E-state index in [1.807, 2.05) is 0 Å². The molecule has 1 saturated carbocycles. The first kappa shape index (κ1) is 14.8. The number of benzene rings is 1. The summed E-state index contributed by atoms with van der Waals surface area (Å²) < 4.78 is 0. The number of carbonyl (C=O) groups excluding carboxylic acids is 1. The van der Waals surface area contributed by atoms with Crippen LogP contribution >= 0.6 is 0 Å². The molecule has 1 saturated heterocycles. The lowest BCUT2D eigenvalue weighted by molar-refractivity contribution is -0.123. The smallest absolute Gasteiger partial charge is 0.135 e. The monoisotopic (exact) mass is 285 g/mol. The van der Waals surface area contributed by atoms with Gasteiger partial charge in [0.05, 0.1) is 0 Å². The van der Waals surface area contributed by atoms with Gasteiger partial charge in [0, 0.05) is 31.5 Å². The van der Waals surface area contributed by atoms with Crippen LogP contribution < -0.4 is 0 Å². The molecule has 1 aliphatic heterocycles. The number of nitrogens with zero attached hydrogens (tertiary/aromatic N) is 1. The molecule has 2 fully saturated rings. The van der Waals surface area contributed by atoms with E-state index in [0.29, 0.717) is 5.78 Å². The number of hydrogen-bond acceptors (Lipinski definition) is 2. The molecule has 2 nitrogen and oxygen atoms in total. The topological polar surface area (TPSA) is 20.3 Å². The highest BCUT2D eigenvalue weighted by Crippen LogP contribution is 2.41. The Morgan fingerprint density at radius 3 is 2.00 bits per heavy atom. The summed E-state index contributed by atoms with van der Waals surface area (Å²) in [7, 11) is 0. The number of carbonyl (C=O) groups is 1. The van der Waals surface area contributed by atoms with Gasteiger partial charge in [-0.2, -0.15) is 0 Å². The number of hydrogen-bond donors (Lipinski definition) is 0. The van der Waals surface area contributed by atoms with E-state index in [-0.39, 0.29) is 5.54 Å². The Bertz CT molecular complexity index is 450. The maximum atomic E-state index is 11.6. The molecule has 0 amide bonds. The molecule has 0 N–H and O–H groups in total. The van der Waals surface area contributed by atoms with Crippen LogP contribution in [0.3, 0.4) is 0 Å². The molecule has 21 heavy (non-hydrogen) atoms. The number of piperidine rings is 1. The average molecular weight is 285 g/mol. The summed E-state index contributed by atoms with van der Waals surface area (Å²) in [5.41, 5.74) is 1.66. The molecule has 2 heteroatoms. The van der Waals surface area contributed by atoms with Gasteiger partial charge in [-0.1, -0.05) is 62.4 Å². The molecule has 0 spiro atoms. The van der Waals surface area contributed by atoms with E-state index < -0.39 is 0 Å². The van der Waals surface area contributed by atoms with Crippen molar-refractivity contribution < 1.29 is 4.79 Å². The Balaban J connectivity index is 1.91. The van der Waals surface area contributed by atoms with Crippen molar-refractivity contribution >= 4 is 5.78 Å². The molecule has 0 radical (unpaired) electrons. The van der Waals surface area contributed by atoms with Gasteiger partial charge in [0.1, 0.15) is 5.78 Å². The molecule has 0 aromatic heterocycles. The largest absolute Gasteiger partial charge is 0.300 e. The SMILES string of the molecule is O=C1CCN(C2(c3ccccc3)CCCCCCC2)CC1. The van der Waals surface area contributed by atoms with Crippen molar-refractivity contribution in [1.82, 2.24) is 4.90 Å². The summed E-state index contributed by atoms with van der Waals surface area (Å²) in [4.78, 5) is 14.3. The Morgan fingerprint density at radius 1 is 0.810 bits per heavy atom. The van der Waals surface area contributed by atoms with Crippen molar-refractivity contribution in [2.75, 3.05) is 13.1 Å². The van der Waals surface area contributed by atoms with Crippen LogP contribution in [0.4, 0.5) is 0 Å². The molecule has 0 bridgehead atoms. The molecule has 1 aliphatic carbocycles. The fourth-order valence-corrected chi connectivity index (χ4v) is 4.21. The van der Waals surface area contributed by atoms with Crippen molar-refractivity contribution in [2.24, 2.45) is 0 Å². The van der Waals surface area contributed by atoms with Crippen LogP contribution in [0.1, 0.15) is 63.4 Å². The Kier molecular flexibility index (Phi) is 4.74. The summed E-state index contributed by atoms with van der Waals surface area (Å²) in [5.74, 6) is 0.445. The van der Waals surface area contributed by atoms with Gasteiger partial charge in [-0.25, -0.2) is 0 Å². The molecule has 0 unspecified atom stereocenters. The van der Waals surface area contributed by atoms with Gasteiger partial charge in [-0.15, -0.1) is 0 Å². The number of rotatable bonds is 2. The molecular weight excluding hydrogens is 258 g/mol. The van der Waals surface area contributed by atoms with Crippen LogP contribution in [0.25, 0.3) is 0 Å². The lowest BCUT2D eigenvalue weighted by atomic mass is 9.76. The summed E-state index contributed by atoms with van der Waals surface area (Å²) >= 11 is 0. The molecule has 114 valence electrons. The van der Waals surface area contributed by atoms with Gasteiger partial charge in [0.25, 0.3) is 0 Å². The summed E-state index contributed by atoms with van der Waals surface area (Å²) in [5, 5.41) is 0. The number of ketones is 1. The average Bonchev–Trinajstić information content (AvgIpc) is 2.50. The van der Waals surface area contributed by atoms with Crippen LogP contribution in [0.15, 0.2) is 30.3 Å². The van der Waals surface area contributed by atoms with Crippen LogP contribution in [0.5, 0.6) is 0 Å². The maximum absolute atomic E-state index is 11.6. The highest BCUT2D eigenvalue weighted by Gasteiger charge is 2.39. The zero-order valence-electron chi connectivity index (χ0n) is 13.0. The van der Waals surface area contributed by atoms with Crippen LogP contribution in [-0.4, -0.2) is 23.8 Å². The van der Waals surface area contributed by atoms with E-state index in [0.717, 1.165) is 25.9 Å². The lowest BCUT2D eigenvalue weighted by Gasteiger charge is -2.47. The normalized spacial score (nSPS) is 24.3. The van der Waals surface area contributed by atoms with Crippen LogP contribution in [0, 0.1) is 0 Å². The molecular formula is C19H27NO. The van der Waals surface area contributed by atoms with E-state index in [2.05, 4.69) is 35.2 Å². The zero-order chi connectivity index (χ0) is 14.5. The first-order valence-electron chi connectivity index (χ1n) is 8.64. The predicted octanol–water partition coefficient (Wildman–Crippen LogP) is 4.29. The Labute approximate surface area is 128 Å². The van der Waals surface area contributed by atoms with Crippen molar-refractivity contribution in [2.45, 2.75) is 63.3 Å². The molecule has 1 heterocycles. The number of Topliss-reactive ketones (excluding diaryl/α,β-unsaturated/α-hetero) is 1. The quantitative estimate of drug-likeness (QED) is 0.808. The van der Waals surface area contributed by atoms with Gasteiger partial charge in [0.15, 0.2) is 0 Å². The highest BCUT2D eigenvalue weighted by atomic mass is 16.1. The standard InChI is InChI=1S/C19H27NO/c21-18-11-15-20(16-12-18)19(17-9-5-4-6-10-17)13-7-2-1-3-8-14-19/h4-6,9-10H,1-3,7-8,11-16H2. The van der Waals surface area contributed by atoms with Crippen molar-refractivity contribution in [3.63, 3.8) is 0 Å². The third kappa shape index (κ3) is 3.21. The van der Waals surface area contributed by atoms with Gasteiger partial charge in [-0.05, 0) is 18.4 Å². The second kappa shape index (κ2) is 6.74. The van der Waals surface area contributed by atoms with E-state index in [4.69, 9.17) is 0 Å². The second-order valence-electron chi connectivity index (χ2n) is 6.69. The van der Waals surface area contributed by atoms with E-state index >= 15 is 0 Å². The van der Waals surface area contributed by atoms with Crippen LogP contribution in [0.2, 0.25) is 0 Å². The molecule has 0 atom stereocenters. The van der Waals surface area contributed by atoms with E-state index in [9.17, 15) is 4.79 Å². The predicted molar refractivity (Wildman–Crippen MR) is 86.3 cm³/mol. The van der Waals surface area contributed by atoms with Gasteiger partial charge < -0.3 is 0 Å². The zero-order valence-corrected chi connectivity index (χ0v) is 13.0. The van der Waals surface area contributed by atoms with Gasteiger partial charge in [0.2, 0.25) is 0 Å². The molecule has 1 aromatic rings. The first-order valence-corrected chi connectivity index (χ1v) is 8.64. The minimum absolute atomic E-state index is 0.183. The van der Waals surface area contributed by atoms with E-state index in [1.54, 1.807) is 0 Å². The van der Waals surface area contributed by atoms with Crippen LogP contribution in [-0.2, 0) is 10.3 Å². The van der Waals surface area contributed by atoms with Crippen molar-refractivity contribution in [1.29, 1.82) is 0 Å². The summed E-state index contributed by atoms with van der Waals surface area (Å²) in [6, 6.07) is 11.1. The lowest BCUT2D eigenvalue weighted by Crippen LogP contribution is -2.50. The first-order chi connectivity index (χ1) is 10.3. The highest BCUT2D eigenvalue weighted by molar-refractivity contribution is 5.79. The molecule has 3 rings (SSSR count). The van der Waals surface area contributed by atoms with Crippen molar-refractivity contribution in [3.05, 3.63) is 35.9 Å². The fraction of sp³-hybridized carbons (Fsp3) is 0.632. The third-order valence-corrected chi connectivity index (χ3v) is 5.42. The fourth-order valence-electron chi connectivity index (χ4n) is 4.21. The maximum Gasteiger partial charge on any atom is 0.135 e. The molecule has 1 aromatic carbocycles. The Hall–Kier alpha value is -1.15. The summed E-state index contributed by atoms with van der Waals surface area (Å²) in [6.45, 7) is 1.90. The molecule has 2 aliphatic rings. The third-order valence-electron chi connectivity index (χ3n) is 5.42.